The second-order valence-electron chi connectivity index (χ2n) is 3.41. The van der Waals surface area contributed by atoms with Gasteiger partial charge in [-0.1, -0.05) is 11.6 Å². The molecule has 1 atom stereocenters. The average molecular weight is 184 g/mol. The summed E-state index contributed by atoms with van der Waals surface area (Å²) in [4.78, 5) is 11.3. The maximum absolute atomic E-state index is 11.3. The first kappa shape index (κ1) is 10.3. The number of aliphatic hydroxyl groups is 1. The Hall–Kier alpha value is -0.830. The molecule has 1 aliphatic carbocycles. The highest BCUT2D eigenvalue weighted by atomic mass is 16.5. The number of allylic oxidation sites excluding steroid dienone is 2. The van der Waals surface area contributed by atoms with Crippen molar-refractivity contribution in [3.63, 3.8) is 0 Å². The van der Waals surface area contributed by atoms with E-state index in [-0.39, 0.29) is 25.1 Å². The summed E-state index contributed by atoms with van der Waals surface area (Å²) in [6.07, 6.45) is 4.75. The molecule has 0 saturated carbocycles. The fourth-order valence-electron chi connectivity index (χ4n) is 1.44. The van der Waals surface area contributed by atoms with Crippen molar-refractivity contribution >= 4 is 5.97 Å². The van der Waals surface area contributed by atoms with Gasteiger partial charge in [-0.25, -0.2) is 0 Å². The van der Waals surface area contributed by atoms with Crippen LogP contribution in [0.3, 0.4) is 0 Å². The number of carbonyl (C=O) groups excluding carboxylic acids is 1. The molecule has 13 heavy (non-hydrogen) atoms. The van der Waals surface area contributed by atoms with E-state index in [1.54, 1.807) is 0 Å². The molecule has 1 N–H and O–H groups in total. The van der Waals surface area contributed by atoms with Gasteiger partial charge in [0.25, 0.3) is 0 Å². The van der Waals surface area contributed by atoms with Crippen LogP contribution < -0.4 is 0 Å². The van der Waals surface area contributed by atoms with E-state index >= 15 is 0 Å². The Morgan fingerprint density at radius 2 is 2.54 bits per heavy atom. The van der Waals surface area contributed by atoms with Gasteiger partial charge in [0.05, 0.1) is 12.5 Å². The van der Waals surface area contributed by atoms with E-state index in [9.17, 15) is 4.79 Å². The van der Waals surface area contributed by atoms with E-state index < -0.39 is 0 Å². The Balaban J connectivity index is 2.32. The van der Waals surface area contributed by atoms with Crippen molar-refractivity contribution < 1.29 is 14.6 Å². The van der Waals surface area contributed by atoms with Gasteiger partial charge in [0.1, 0.15) is 6.61 Å². The van der Waals surface area contributed by atoms with Gasteiger partial charge in [0, 0.05) is 0 Å². The molecule has 0 spiro atoms. The van der Waals surface area contributed by atoms with Gasteiger partial charge in [-0.3, -0.25) is 4.79 Å². The van der Waals surface area contributed by atoms with E-state index in [0.29, 0.717) is 0 Å². The third kappa shape index (κ3) is 3.19. The molecule has 74 valence electrons. The van der Waals surface area contributed by atoms with Crippen LogP contribution in [0.5, 0.6) is 0 Å². The van der Waals surface area contributed by atoms with Crippen LogP contribution in [0.2, 0.25) is 0 Å². The molecule has 0 heterocycles. The summed E-state index contributed by atoms with van der Waals surface area (Å²) in [5, 5.41) is 8.47. The minimum Gasteiger partial charge on any atom is -0.463 e. The van der Waals surface area contributed by atoms with E-state index in [4.69, 9.17) is 9.84 Å². The number of hydrogen-bond donors (Lipinski definition) is 1. The zero-order chi connectivity index (χ0) is 9.68. The van der Waals surface area contributed by atoms with Gasteiger partial charge in [-0.2, -0.15) is 0 Å². The predicted molar refractivity (Wildman–Crippen MR) is 49.1 cm³/mol. The molecule has 1 aliphatic rings. The second kappa shape index (κ2) is 5.02. The lowest BCUT2D eigenvalue weighted by atomic mass is 9.90. The van der Waals surface area contributed by atoms with E-state index in [2.05, 4.69) is 13.0 Å². The highest BCUT2D eigenvalue weighted by Crippen LogP contribution is 2.23. The summed E-state index contributed by atoms with van der Waals surface area (Å²) in [7, 11) is 0. The largest absolute Gasteiger partial charge is 0.463 e. The molecule has 0 bridgehead atoms. The van der Waals surface area contributed by atoms with Crippen molar-refractivity contribution in [2.45, 2.75) is 26.2 Å². The maximum atomic E-state index is 11.3. The first-order chi connectivity index (χ1) is 6.24. The molecule has 0 radical (unpaired) electrons. The SMILES string of the molecule is CC1=CCC(C(=O)OCCO)CC1. The number of esters is 1. The van der Waals surface area contributed by atoms with Crippen molar-refractivity contribution in [3.05, 3.63) is 11.6 Å². The van der Waals surface area contributed by atoms with Crippen molar-refractivity contribution in [2.24, 2.45) is 5.92 Å². The maximum Gasteiger partial charge on any atom is 0.309 e. The molecule has 0 amide bonds. The number of carbonyl (C=O) groups is 1. The van der Waals surface area contributed by atoms with Gasteiger partial charge < -0.3 is 9.84 Å². The molecule has 0 aromatic heterocycles. The smallest absolute Gasteiger partial charge is 0.309 e. The van der Waals surface area contributed by atoms with E-state index in [0.717, 1.165) is 19.3 Å². The molecule has 0 aliphatic heterocycles. The fraction of sp³-hybridized carbons (Fsp3) is 0.700. The van der Waals surface area contributed by atoms with Crippen LogP contribution >= 0.6 is 0 Å². The quantitative estimate of drug-likeness (QED) is 0.530. The molecule has 0 aromatic rings. The van der Waals surface area contributed by atoms with Crippen LogP contribution in [0.15, 0.2) is 11.6 Å². The normalized spacial score (nSPS) is 22.3. The van der Waals surface area contributed by atoms with E-state index in [1.807, 2.05) is 0 Å². The molecule has 0 fully saturated rings. The van der Waals surface area contributed by atoms with E-state index in [1.165, 1.54) is 5.57 Å². The Morgan fingerprint density at radius 1 is 1.77 bits per heavy atom. The zero-order valence-electron chi connectivity index (χ0n) is 7.95. The van der Waals surface area contributed by atoms with Crippen molar-refractivity contribution in [1.29, 1.82) is 0 Å². The van der Waals surface area contributed by atoms with Crippen molar-refractivity contribution in [2.75, 3.05) is 13.2 Å². The van der Waals surface area contributed by atoms with Gasteiger partial charge in [0.2, 0.25) is 0 Å². The second-order valence-corrected chi connectivity index (χ2v) is 3.41. The zero-order valence-corrected chi connectivity index (χ0v) is 7.95. The number of hydrogen-bond acceptors (Lipinski definition) is 3. The van der Waals surface area contributed by atoms with Gasteiger partial charge in [0.15, 0.2) is 0 Å². The molecule has 1 unspecified atom stereocenters. The van der Waals surface area contributed by atoms with Gasteiger partial charge in [-0.05, 0) is 26.2 Å². The van der Waals surface area contributed by atoms with Gasteiger partial charge >= 0.3 is 5.97 Å². The van der Waals surface area contributed by atoms with Crippen LogP contribution in [0, 0.1) is 5.92 Å². The molecule has 0 aromatic carbocycles. The summed E-state index contributed by atoms with van der Waals surface area (Å²) in [5.41, 5.74) is 1.35. The number of aliphatic hydroxyl groups excluding tert-OH is 1. The predicted octanol–water partition coefficient (Wildman–Crippen LogP) is 1.27. The van der Waals surface area contributed by atoms with Crippen LogP contribution in [-0.4, -0.2) is 24.3 Å². The highest BCUT2D eigenvalue weighted by molar-refractivity contribution is 5.72. The van der Waals surface area contributed by atoms with Gasteiger partial charge in [-0.15, -0.1) is 0 Å². The van der Waals surface area contributed by atoms with Crippen LogP contribution in [0.1, 0.15) is 26.2 Å². The summed E-state index contributed by atoms with van der Waals surface area (Å²) in [6, 6.07) is 0. The monoisotopic (exact) mass is 184 g/mol. The van der Waals surface area contributed by atoms with Crippen LogP contribution in [0.25, 0.3) is 0 Å². The fourth-order valence-corrected chi connectivity index (χ4v) is 1.44. The molecular weight excluding hydrogens is 168 g/mol. The number of ether oxygens (including phenoxy) is 1. The van der Waals surface area contributed by atoms with Crippen LogP contribution in [-0.2, 0) is 9.53 Å². The standard InChI is InChI=1S/C10H16O3/c1-8-2-4-9(5-3-8)10(12)13-7-6-11/h2,9,11H,3-7H2,1H3. The third-order valence-electron chi connectivity index (χ3n) is 2.31. The Morgan fingerprint density at radius 3 is 3.08 bits per heavy atom. The first-order valence-electron chi connectivity index (χ1n) is 4.67. The summed E-state index contributed by atoms with van der Waals surface area (Å²) in [5.74, 6) is -0.159. The molecule has 0 saturated heterocycles. The Labute approximate surface area is 78.4 Å². The minimum absolute atomic E-state index is 0.00949. The lowest BCUT2D eigenvalue weighted by Gasteiger charge is -2.18. The Bertz CT molecular complexity index is 208. The average Bonchev–Trinajstić information content (AvgIpc) is 2.15. The lowest BCUT2D eigenvalue weighted by Crippen LogP contribution is -2.20. The summed E-state index contributed by atoms with van der Waals surface area (Å²) < 4.78 is 4.85. The summed E-state index contributed by atoms with van der Waals surface area (Å²) in [6.45, 7) is 2.11. The molecular formula is C10H16O3. The van der Waals surface area contributed by atoms with Crippen molar-refractivity contribution in [1.82, 2.24) is 0 Å². The Kier molecular flexibility index (Phi) is 3.96. The first-order valence-corrected chi connectivity index (χ1v) is 4.67. The van der Waals surface area contributed by atoms with Crippen molar-refractivity contribution in [3.8, 4) is 0 Å². The molecule has 3 heteroatoms. The van der Waals surface area contributed by atoms with Crippen LogP contribution in [0.4, 0.5) is 0 Å². The topological polar surface area (TPSA) is 46.5 Å². The summed E-state index contributed by atoms with van der Waals surface area (Å²) >= 11 is 0. The molecule has 1 rings (SSSR count). The molecule has 3 nitrogen and oxygen atoms in total. The minimum atomic E-state index is -0.169. The third-order valence-corrected chi connectivity index (χ3v) is 2.31. The number of rotatable bonds is 3. The highest BCUT2D eigenvalue weighted by Gasteiger charge is 2.21. The lowest BCUT2D eigenvalue weighted by molar-refractivity contribution is -0.149.